The van der Waals surface area contributed by atoms with Crippen molar-refractivity contribution in [2.75, 3.05) is 14.1 Å². The van der Waals surface area contributed by atoms with Gasteiger partial charge < -0.3 is 10.2 Å². The lowest BCUT2D eigenvalue weighted by Crippen LogP contribution is -3.04. The average molecular weight is 361 g/mol. The molecule has 0 aliphatic heterocycles. The molecule has 0 bridgehead atoms. The van der Waals surface area contributed by atoms with Crippen molar-refractivity contribution in [2.45, 2.75) is 13.1 Å². The highest BCUT2D eigenvalue weighted by Gasteiger charge is 2.06. The summed E-state index contributed by atoms with van der Waals surface area (Å²) in [6, 6.07) is 18.1. The molecule has 3 rings (SSSR count). The van der Waals surface area contributed by atoms with E-state index < -0.39 is 0 Å². The summed E-state index contributed by atoms with van der Waals surface area (Å²) in [7, 11) is 4.24. The highest BCUT2D eigenvalue weighted by Crippen LogP contribution is 2.09. The molecular weight excluding hydrogens is 336 g/mol. The van der Waals surface area contributed by atoms with E-state index in [0.29, 0.717) is 6.54 Å². The summed E-state index contributed by atoms with van der Waals surface area (Å²) in [6.45, 7) is 1.45. The molecule has 1 heterocycles. The Morgan fingerprint density at radius 3 is 2.52 bits per heavy atom. The zero-order valence-corrected chi connectivity index (χ0v) is 15.7. The quantitative estimate of drug-likeness (QED) is 0.631. The van der Waals surface area contributed by atoms with Crippen molar-refractivity contribution < 1.29 is 9.69 Å². The normalized spacial score (nSPS) is 11.2. The zero-order chi connectivity index (χ0) is 19.1. The molecule has 1 amide bonds. The van der Waals surface area contributed by atoms with E-state index >= 15 is 0 Å². The number of nitrogens with zero attached hydrogens (tertiary/aromatic N) is 2. The summed E-state index contributed by atoms with van der Waals surface area (Å²) in [5, 5.41) is 7.29. The maximum Gasteiger partial charge on any atom is 0.244 e. The van der Waals surface area contributed by atoms with Crippen LogP contribution in [0.1, 0.15) is 16.7 Å². The fourth-order valence-corrected chi connectivity index (χ4v) is 2.84. The highest BCUT2D eigenvalue weighted by molar-refractivity contribution is 5.91. The van der Waals surface area contributed by atoms with E-state index in [9.17, 15) is 4.79 Å². The van der Waals surface area contributed by atoms with Crippen LogP contribution in [0.2, 0.25) is 0 Å². The molecule has 0 unspecified atom stereocenters. The monoisotopic (exact) mass is 361 g/mol. The van der Waals surface area contributed by atoms with Gasteiger partial charge in [0, 0.05) is 29.9 Å². The number of quaternary nitrogens is 1. The molecule has 0 saturated heterocycles. The SMILES string of the molecule is C[NH+](C)Cc1ccccc1CNC(=O)/C=C/c1cnn(-c2ccccc2)c1. The molecule has 0 aliphatic rings. The Balaban J connectivity index is 1.58. The first-order valence-corrected chi connectivity index (χ1v) is 9.03. The molecule has 0 aliphatic carbocycles. The Morgan fingerprint density at radius 2 is 1.78 bits per heavy atom. The van der Waals surface area contributed by atoms with Gasteiger partial charge in [0.15, 0.2) is 0 Å². The molecule has 0 fully saturated rings. The van der Waals surface area contributed by atoms with Gasteiger partial charge in [0.25, 0.3) is 0 Å². The summed E-state index contributed by atoms with van der Waals surface area (Å²) in [5.74, 6) is -0.116. The van der Waals surface area contributed by atoms with Crippen LogP contribution in [-0.4, -0.2) is 29.8 Å². The van der Waals surface area contributed by atoms with Crippen LogP contribution in [0.15, 0.2) is 73.1 Å². The Hall–Kier alpha value is -3.18. The van der Waals surface area contributed by atoms with Crippen molar-refractivity contribution in [3.63, 3.8) is 0 Å². The molecule has 3 aromatic rings. The third-order valence-electron chi connectivity index (χ3n) is 4.17. The van der Waals surface area contributed by atoms with E-state index in [0.717, 1.165) is 23.4 Å². The van der Waals surface area contributed by atoms with Gasteiger partial charge in [-0.15, -0.1) is 0 Å². The van der Waals surface area contributed by atoms with Crippen molar-refractivity contribution in [1.82, 2.24) is 15.1 Å². The summed E-state index contributed by atoms with van der Waals surface area (Å²) in [4.78, 5) is 13.5. The van der Waals surface area contributed by atoms with Crippen LogP contribution in [0.3, 0.4) is 0 Å². The first kappa shape index (κ1) is 18.6. The number of carbonyl (C=O) groups excluding carboxylic acids is 1. The van der Waals surface area contributed by atoms with E-state index in [4.69, 9.17) is 0 Å². The van der Waals surface area contributed by atoms with E-state index in [-0.39, 0.29) is 5.91 Å². The van der Waals surface area contributed by atoms with E-state index in [1.807, 2.05) is 48.7 Å². The van der Waals surface area contributed by atoms with Crippen LogP contribution < -0.4 is 10.2 Å². The molecule has 0 spiro atoms. The molecule has 0 saturated carbocycles. The van der Waals surface area contributed by atoms with Gasteiger partial charge in [-0.3, -0.25) is 4.79 Å². The largest absolute Gasteiger partial charge is 0.348 e. The second kappa shape index (κ2) is 8.96. The molecule has 138 valence electrons. The van der Waals surface area contributed by atoms with Gasteiger partial charge in [-0.05, 0) is 23.8 Å². The summed E-state index contributed by atoms with van der Waals surface area (Å²) < 4.78 is 1.79. The minimum atomic E-state index is -0.116. The van der Waals surface area contributed by atoms with Gasteiger partial charge in [0.1, 0.15) is 6.54 Å². The van der Waals surface area contributed by atoms with Crippen LogP contribution in [0.5, 0.6) is 0 Å². The van der Waals surface area contributed by atoms with Crippen LogP contribution in [0, 0.1) is 0 Å². The van der Waals surface area contributed by atoms with E-state index in [2.05, 4.69) is 36.6 Å². The minimum Gasteiger partial charge on any atom is -0.348 e. The number of rotatable bonds is 7. The standard InChI is InChI=1S/C22H24N4O/c1-25(2)17-20-9-7-6-8-19(20)15-23-22(27)13-12-18-14-24-26(16-18)21-10-4-3-5-11-21/h3-14,16H,15,17H2,1-2H3,(H,23,27)/p+1/b13-12+. The van der Waals surface area contributed by atoms with Crippen molar-refractivity contribution in [3.05, 3.63) is 89.8 Å². The lowest BCUT2D eigenvalue weighted by molar-refractivity contribution is -0.872. The van der Waals surface area contributed by atoms with Gasteiger partial charge in [-0.25, -0.2) is 4.68 Å². The molecular formula is C22H25N4O+. The number of aromatic nitrogens is 2. The molecule has 0 atom stereocenters. The second-order valence-electron chi connectivity index (χ2n) is 6.76. The molecule has 2 N–H and O–H groups in total. The van der Waals surface area contributed by atoms with Gasteiger partial charge in [-0.2, -0.15) is 5.10 Å². The van der Waals surface area contributed by atoms with Crippen LogP contribution in [-0.2, 0) is 17.9 Å². The number of nitrogens with one attached hydrogen (secondary N) is 2. The Kier molecular flexibility index (Phi) is 6.18. The first-order chi connectivity index (χ1) is 13.1. The molecule has 0 radical (unpaired) electrons. The Bertz CT molecular complexity index is 913. The van der Waals surface area contributed by atoms with Crippen LogP contribution in [0.4, 0.5) is 0 Å². The topological polar surface area (TPSA) is 51.4 Å². The Labute approximate surface area is 159 Å². The third-order valence-corrected chi connectivity index (χ3v) is 4.17. The molecule has 5 nitrogen and oxygen atoms in total. The number of carbonyl (C=O) groups is 1. The van der Waals surface area contributed by atoms with Crippen molar-refractivity contribution in [2.24, 2.45) is 0 Å². The number of hydrogen-bond donors (Lipinski definition) is 2. The third kappa shape index (κ3) is 5.39. The lowest BCUT2D eigenvalue weighted by atomic mass is 10.1. The van der Waals surface area contributed by atoms with Crippen molar-refractivity contribution >= 4 is 12.0 Å². The summed E-state index contributed by atoms with van der Waals surface area (Å²) in [5.41, 5.74) is 4.27. The molecule has 5 heteroatoms. The van der Waals surface area contributed by atoms with Crippen molar-refractivity contribution in [3.8, 4) is 5.69 Å². The number of para-hydroxylation sites is 1. The second-order valence-corrected chi connectivity index (χ2v) is 6.76. The Morgan fingerprint density at radius 1 is 1.07 bits per heavy atom. The predicted octanol–water partition coefficient (Wildman–Crippen LogP) is 1.85. The molecule has 1 aromatic heterocycles. The van der Waals surface area contributed by atoms with Crippen LogP contribution >= 0.6 is 0 Å². The lowest BCUT2D eigenvalue weighted by Gasteiger charge is -2.12. The van der Waals surface area contributed by atoms with Gasteiger partial charge in [-0.1, -0.05) is 42.5 Å². The number of amides is 1. The maximum absolute atomic E-state index is 12.2. The smallest absolute Gasteiger partial charge is 0.244 e. The maximum atomic E-state index is 12.2. The van der Waals surface area contributed by atoms with Gasteiger partial charge in [0.05, 0.1) is 26.0 Å². The zero-order valence-electron chi connectivity index (χ0n) is 15.7. The van der Waals surface area contributed by atoms with Crippen molar-refractivity contribution in [1.29, 1.82) is 0 Å². The summed E-state index contributed by atoms with van der Waals surface area (Å²) >= 11 is 0. The fourth-order valence-electron chi connectivity index (χ4n) is 2.84. The van der Waals surface area contributed by atoms with E-state index in [1.165, 1.54) is 10.5 Å². The molecule has 27 heavy (non-hydrogen) atoms. The summed E-state index contributed by atoms with van der Waals surface area (Å²) in [6.07, 6.45) is 6.96. The van der Waals surface area contributed by atoms with E-state index in [1.54, 1.807) is 23.0 Å². The van der Waals surface area contributed by atoms with Gasteiger partial charge >= 0.3 is 0 Å². The fraction of sp³-hybridized carbons (Fsp3) is 0.182. The predicted molar refractivity (Wildman–Crippen MR) is 107 cm³/mol. The average Bonchev–Trinajstić information content (AvgIpc) is 3.15. The number of benzene rings is 2. The van der Waals surface area contributed by atoms with Crippen LogP contribution in [0.25, 0.3) is 11.8 Å². The molecule has 2 aromatic carbocycles. The number of hydrogen-bond acceptors (Lipinski definition) is 2. The highest BCUT2D eigenvalue weighted by atomic mass is 16.1. The minimum absolute atomic E-state index is 0.116. The first-order valence-electron chi connectivity index (χ1n) is 9.03. The van der Waals surface area contributed by atoms with Gasteiger partial charge in [0.2, 0.25) is 5.91 Å².